The second kappa shape index (κ2) is 7.54. The smallest absolute Gasteiger partial charge is 0.367 e. The predicted molar refractivity (Wildman–Crippen MR) is 112 cm³/mol. The molecule has 1 aliphatic rings. The highest BCUT2D eigenvalue weighted by Crippen LogP contribution is 2.38. The minimum atomic E-state index is -4.46. The fraction of sp³-hybridized carbons (Fsp3) is 0.318. The van der Waals surface area contributed by atoms with Crippen molar-refractivity contribution in [2.45, 2.75) is 13.1 Å². The van der Waals surface area contributed by atoms with Crippen molar-refractivity contribution in [3.63, 3.8) is 0 Å². The monoisotopic (exact) mass is 435 g/mol. The van der Waals surface area contributed by atoms with Gasteiger partial charge in [-0.25, -0.2) is 0 Å². The van der Waals surface area contributed by atoms with Crippen LogP contribution in [0, 0.1) is 6.92 Å². The highest BCUT2D eigenvalue weighted by atomic mass is 35.5. The number of carbonyl (C=O) groups excluding carboxylic acids is 1. The standard InChI is InChI=1S/C22H21ClF3N3O/c1-14-3-6-18-15(11-14)12-20(27(18)2)21(30)29-9-7-28(8-10-29)19-13-16(23)4-5-17(19)22(24,25)26/h3-6,11-13H,7-10H2,1-2H3. The van der Waals surface area contributed by atoms with Crippen LogP contribution in [-0.4, -0.2) is 41.6 Å². The number of amides is 1. The molecule has 0 saturated carbocycles. The van der Waals surface area contributed by atoms with Crippen molar-refractivity contribution in [3.05, 3.63) is 64.3 Å². The van der Waals surface area contributed by atoms with Gasteiger partial charge in [0, 0.05) is 49.2 Å². The number of rotatable bonds is 2. The van der Waals surface area contributed by atoms with Crippen molar-refractivity contribution in [1.29, 1.82) is 0 Å². The summed E-state index contributed by atoms with van der Waals surface area (Å²) in [5.74, 6) is -0.117. The van der Waals surface area contributed by atoms with E-state index in [-0.39, 0.29) is 16.6 Å². The third-order valence-corrected chi connectivity index (χ3v) is 5.82. The Bertz CT molecular complexity index is 1110. The average Bonchev–Trinajstić information content (AvgIpc) is 3.02. The van der Waals surface area contributed by atoms with Gasteiger partial charge in [0.25, 0.3) is 5.91 Å². The fourth-order valence-electron chi connectivity index (χ4n) is 3.99. The normalized spacial score (nSPS) is 15.1. The highest BCUT2D eigenvalue weighted by molar-refractivity contribution is 6.30. The van der Waals surface area contributed by atoms with Crippen LogP contribution >= 0.6 is 11.6 Å². The maximum atomic E-state index is 13.4. The molecule has 1 saturated heterocycles. The molecule has 30 heavy (non-hydrogen) atoms. The molecule has 0 unspecified atom stereocenters. The predicted octanol–water partition coefficient (Wildman–Crippen LogP) is 5.12. The van der Waals surface area contributed by atoms with Crippen LogP contribution in [0.3, 0.4) is 0 Å². The number of aryl methyl sites for hydroxylation is 2. The summed E-state index contributed by atoms with van der Waals surface area (Å²) in [6.45, 7) is 3.28. The second-order valence-electron chi connectivity index (χ2n) is 7.59. The van der Waals surface area contributed by atoms with Gasteiger partial charge in [-0.3, -0.25) is 4.79 Å². The first-order chi connectivity index (χ1) is 14.1. The van der Waals surface area contributed by atoms with Gasteiger partial charge in [-0.1, -0.05) is 23.2 Å². The molecule has 158 valence electrons. The molecular formula is C22H21ClF3N3O. The Morgan fingerprint density at radius 1 is 1.00 bits per heavy atom. The Kier molecular flexibility index (Phi) is 5.18. The van der Waals surface area contributed by atoms with E-state index in [1.54, 1.807) is 9.80 Å². The number of hydrogen-bond acceptors (Lipinski definition) is 2. The minimum absolute atomic E-state index is 0.0576. The van der Waals surface area contributed by atoms with Gasteiger partial charge in [-0.15, -0.1) is 0 Å². The lowest BCUT2D eigenvalue weighted by Gasteiger charge is -2.37. The molecule has 8 heteroatoms. The van der Waals surface area contributed by atoms with Crippen molar-refractivity contribution in [3.8, 4) is 0 Å². The molecule has 4 nitrogen and oxygen atoms in total. The van der Waals surface area contributed by atoms with Crippen LogP contribution in [0.1, 0.15) is 21.6 Å². The molecule has 2 aromatic carbocycles. The third kappa shape index (κ3) is 3.74. The van der Waals surface area contributed by atoms with Gasteiger partial charge in [-0.2, -0.15) is 13.2 Å². The molecule has 1 fully saturated rings. The number of nitrogens with zero attached hydrogens (tertiary/aromatic N) is 3. The molecule has 1 aromatic heterocycles. The summed E-state index contributed by atoms with van der Waals surface area (Å²) < 4.78 is 42.1. The summed E-state index contributed by atoms with van der Waals surface area (Å²) in [5.41, 5.74) is 2.00. The SMILES string of the molecule is Cc1ccc2c(c1)cc(C(=O)N1CCN(c3cc(Cl)ccc3C(F)(F)F)CC1)n2C. The van der Waals surface area contributed by atoms with Crippen LogP contribution in [-0.2, 0) is 13.2 Å². The Balaban J connectivity index is 1.54. The molecule has 2 heterocycles. The number of alkyl halides is 3. The van der Waals surface area contributed by atoms with Gasteiger partial charge in [0.1, 0.15) is 5.69 Å². The van der Waals surface area contributed by atoms with Crippen molar-refractivity contribution in [2.75, 3.05) is 31.1 Å². The fourth-order valence-corrected chi connectivity index (χ4v) is 4.16. The van der Waals surface area contributed by atoms with E-state index >= 15 is 0 Å². The first-order valence-electron chi connectivity index (χ1n) is 9.62. The lowest BCUT2D eigenvalue weighted by molar-refractivity contribution is -0.137. The summed E-state index contributed by atoms with van der Waals surface area (Å²) in [4.78, 5) is 16.4. The molecule has 4 rings (SSSR count). The van der Waals surface area contributed by atoms with Crippen molar-refractivity contribution in [2.24, 2.45) is 7.05 Å². The Labute approximate surface area is 177 Å². The zero-order valence-corrected chi connectivity index (χ0v) is 17.4. The Hall–Kier alpha value is -2.67. The summed E-state index contributed by atoms with van der Waals surface area (Å²) in [6, 6.07) is 11.5. The number of halogens is 4. The Morgan fingerprint density at radius 3 is 2.37 bits per heavy atom. The first kappa shape index (κ1) is 20.6. The molecule has 0 aliphatic carbocycles. The van der Waals surface area contributed by atoms with E-state index in [0.717, 1.165) is 22.5 Å². The van der Waals surface area contributed by atoms with Crippen LogP contribution < -0.4 is 4.90 Å². The molecule has 1 amide bonds. The summed E-state index contributed by atoms with van der Waals surface area (Å²) in [7, 11) is 1.85. The summed E-state index contributed by atoms with van der Waals surface area (Å²) in [5, 5.41) is 1.25. The van der Waals surface area contributed by atoms with Crippen molar-refractivity contribution < 1.29 is 18.0 Å². The number of fused-ring (bicyclic) bond motifs is 1. The van der Waals surface area contributed by atoms with Gasteiger partial charge in [0.2, 0.25) is 0 Å². The third-order valence-electron chi connectivity index (χ3n) is 5.59. The lowest BCUT2D eigenvalue weighted by atomic mass is 10.1. The molecule has 3 aromatic rings. The van der Waals surface area contributed by atoms with Gasteiger partial charge in [-0.05, 0) is 43.3 Å². The van der Waals surface area contributed by atoms with Crippen LogP contribution in [0.2, 0.25) is 5.02 Å². The largest absolute Gasteiger partial charge is 0.418 e. The molecule has 0 N–H and O–H groups in total. The van der Waals surface area contributed by atoms with E-state index in [4.69, 9.17) is 11.6 Å². The van der Waals surface area contributed by atoms with E-state index < -0.39 is 11.7 Å². The minimum Gasteiger partial charge on any atom is -0.367 e. The quantitative estimate of drug-likeness (QED) is 0.559. The number of carbonyl (C=O) groups is 1. The summed E-state index contributed by atoms with van der Waals surface area (Å²) in [6.07, 6.45) is -4.46. The van der Waals surface area contributed by atoms with Crippen LogP contribution in [0.5, 0.6) is 0 Å². The number of aromatic nitrogens is 1. The molecule has 1 aliphatic heterocycles. The number of benzene rings is 2. The van der Waals surface area contributed by atoms with Crippen LogP contribution in [0.4, 0.5) is 18.9 Å². The maximum absolute atomic E-state index is 13.4. The number of anilines is 1. The van der Waals surface area contributed by atoms with E-state index in [0.29, 0.717) is 31.9 Å². The second-order valence-corrected chi connectivity index (χ2v) is 8.03. The maximum Gasteiger partial charge on any atom is 0.418 e. The zero-order chi connectivity index (χ0) is 21.6. The van der Waals surface area contributed by atoms with Crippen molar-refractivity contribution in [1.82, 2.24) is 9.47 Å². The summed E-state index contributed by atoms with van der Waals surface area (Å²) >= 11 is 5.95. The molecule has 0 radical (unpaired) electrons. The van der Waals surface area contributed by atoms with Gasteiger partial charge >= 0.3 is 6.18 Å². The number of hydrogen-bond donors (Lipinski definition) is 0. The highest BCUT2D eigenvalue weighted by Gasteiger charge is 2.36. The zero-order valence-electron chi connectivity index (χ0n) is 16.6. The topological polar surface area (TPSA) is 28.5 Å². The van der Waals surface area contributed by atoms with Gasteiger partial charge in [0.05, 0.1) is 11.3 Å². The Morgan fingerprint density at radius 2 is 1.70 bits per heavy atom. The molecule has 0 atom stereocenters. The van der Waals surface area contributed by atoms with Crippen LogP contribution in [0.15, 0.2) is 42.5 Å². The number of piperazine rings is 1. The lowest BCUT2D eigenvalue weighted by Crippen LogP contribution is -2.49. The van der Waals surface area contributed by atoms with E-state index in [9.17, 15) is 18.0 Å². The van der Waals surface area contributed by atoms with E-state index in [1.165, 1.54) is 12.1 Å². The molecule has 0 bridgehead atoms. The molecular weight excluding hydrogens is 415 g/mol. The van der Waals surface area contributed by atoms with Gasteiger partial charge in [0.15, 0.2) is 0 Å². The van der Waals surface area contributed by atoms with Crippen LogP contribution in [0.25, 0.3) is 10.9 Å². The van der Waals surface area contributed by atoms with E-state index in [2.05, 4.69) is 0 Å². The average molecular weight is 436 g/mol. The molecule has 0 spiro atoms. The first-order valence-corrected chi connectivity index (χ1v) is 10.00. The van der Waals surface area contributed by atoms with Crippen molar-refractivity contribution >= 4 is 34.1 Å². The van der Waals surface area contributed by atoms with E-state index in [1.807, 2.05) is 42.8 Å². The van der Waals surface area contributed by atoms with Gasteiger partial charge < -0.3 is 14.4 Å².